The normalized spacial score (nSPS) is 10.2. The smallest absolute Gasteiger partial charge is 0.251 e. The molecule has 0 amide bonds. The van der Waals surface area contributed by atoms with Crippen molar-refractivity contribution in [2.75, 3.05) is 12.9 Å². The minimum atomic E-state index is -0.0345. The summed E-state index contributed by atoms with van der Waals surface area (Å²) in [4.78, 5) is 12.0. The summed E-state index contributed by atoms with van der Waals surface area (Å²) in [6.45, 7) is 0. The zero-order chi connectivity index (χ0) is 13.7. The number of aromatic nitrogens is 1. The molecule has 0 spiro atoms. The fourth-order valence-electron chi connectivity index (χ4n) is 1.54. The number of benzene rings is 1. The summed E-state index contributed by atoms with van der Waals surface area (Å²) in [6.07, 6.45) is 1.42. The van der Waals surface area contributed by atoms with Gasteiger partial charge in [0.05, 0.1) is 12.9 Å². The Kier molecular flexibility index (Phi) is 4.41. The number of Topliss-reactive ketones (excluding diaryl/α,β-unsaturated/α-hetero) is 1. The number of ether oxygens (including phenoxy) is 1. The predicted octanol–water partition coefficient (Wildman–Crippen LogP) is 2.30. The molecule has 1 heterocycles. The number of nitrogens with zero attached hydrogens (tertiary/aromatic N) is 1. The van der Waals surface area contributed by atoms with E-state index in [4.69, 9.17) is 4.74 Å². The molecule has 0 N–H and O–H groups in total. The van der Waals surface area contributed by atoms with Crippen LogP contribution in [-0.4, -0.2) is 18.6 Å². The highest BCUT2D eigenvalue weighted by Crippen LogP contribution is 2.18. The minimum Gasteiger partial charge on any atom is -0.618 e. The van der Waals surface area contributed by atoms with Crippen LogP contribution in [0.5, 0.6) is 5.75 Å². The Morgan fingerprint density at radius 1 is 1.32 bits per heavy atom. The maximum atomic E-state index is 12.0. The average molecular weight is 275 g/mol. The van der Waals surface area contributed by atoms with E-state index in [0.717, 1.165) is 4.73 Å². The molecule has 0 fully saturated rings. The summed E-state index contributed by atoms with van der Waals surface area (Å²) in [5, 5.41) is 11.9. The average Bonchev–Trinajstić information content (AvgIpc) is 2.46. The zero-order valence-electron chi connectivity index (χ0n) is 10.4. The summed E-state index contributed by atoms with van der Waals surface area (Å²) in [5.74, 6) is 0.835. The van der Waals surface area contributed by atoms with Gasteiger partial charge in [0.15, 0.2) is 12.0 Å². The van der Waals surface area contributed by atoms with Crippen molar-refractivity contribution in [3.63, 3.8) is 0 Å². The van der Waals surface area contributed by atoms with Gasteiger partial charge in [-0.05, 0) is 30.0 Å². The largest absolute Gasteiger partial charge is 0.618 e. The SMILES string of the molecule is COc1cccc(C(=O)CSc2cccc[n+]2[O-])c1. The highest BCUT2D eigenvalue weighted by Gasteiger charge is 2.11. The van der Waals surface area contributed by atoms with Crippen LogP contribution in [0.15, 0.2) is 53.7 Å². The summed E-state index contributed by atoms with van der Waals surface area (Å²) in [6, 6.07) is 12.1. The van der Waals surface area contributed by atoms with E-state index < -0.39 is 0 Å². The Balaban J connectivity index is 2.03. The number of carbonyl (C=O) groups is 1. The molecule has 0 aliphatic rings. The molecule has 0 radical (unpaired) electrons. The first-order valence-electron chi connectivity index (χ1n) is 5.69. The Morgan fingerprint density at radius 2 is 2.16 bits per heavy atom. The first-order valence-corrected chi connectivity index (χ1v) is 6.67. The molecule has 2 aromatic rings. The molecule has 0 atom stereocenters. The van der Waals surface area contributed by atoms with Gasteiger partial charge in [-0.15, -0.1) is 0 Å². The third kappa shape index (κ3) is 3.48. The lowest BCUT2D eigenvalue weighted by molar-refractivity contribution is -0.645. The van der Waals surface area contributed by atoms with Crippen molar-refractivity contribution in [2.45, 2.75) is 5.03 Å². The molecule has 0 saturated heterocycles. The molecule has 0 aliphatic heterocycles. The molecule has 0 unspecified atom stereocenters. The Hall–Kier alpha value is -2.01. The van der Waals surface area contributed by atoms with Crippen molar-refractivity contribution >= 4 is 17.5 Å². The molecule has 5 heteroatoms. The summed E-state index contributed by atoms with van der Waals surface area (Å²) >= 11 is 1.22. The summed E-state index contributed by atoms with van der Waals surface area (Å²) in [5.41, 5.74) is 0.584. The summed E-state index contributed by atoms with van der Waals surface area (Å²) < 4.78 is 5.83. The fourth-order valence-corrected chi connectivity index (χ4v) is 2.35. The third-order valence-electron chi connectivity index (χ3n) is 2.53. The van der Waals surface area contributed by atoms with E-state index in [2.05, 4.69) is 0 Å². The molecular weight excluding hydrogens is 262 g/mol. The van der Waals surface area contributed by atoms with E-state index in [1.165, 1.54) is 18.0 Å². The van der Waals surface area contributed by atoms with Crippen molar-refractivity contribution in [2.24, 2.45) is 0 Å². The Morgan fingerprint density at radius 3 is 2.89 bits per heavy atom. The second kappa shape index (κ2) is 6.24. The minimum absolute atomic E-state index is 0.0345. The number of thioether (sulfide) groups is 1. The second-order valence-electron chi connectivity index (χ2n) is 3.81. The fraction of sp³-hybridized carbons (Fsp3) is 0.143. The number of ketones is 1. The zero-order valence-corrected chi connectivity index (χ0v) is 11.2. The van der Waals surface area contributed by atoms with Gasteiger partial charge < -0.3 is 9.94 Å². The number of methoxy groups -OCH3 is 1. The molecule has 4 nitrogen and oxygen atoms in total. The van der Waals surface area contributed by atoms with Crippen LogP contribution in [0.1, 0.15) is 10.4 Å². The van der Waals surface area contributed by atoms with Crippen LogP contribution in [-0.2, 0) is 0 Å². The lowest BCUT2D eigenvalue weighted by atomic mass is 10.1. The lowest BCUT2D eigenvalue weighted by Crippen LogP contribution is -2.28. The van der Waals surface area contributed by atoms with E-state index in [9.17, 15) is 10.0 Å². The topological polar surface area (TPSA) is 53.2 Å². The van der Waals surface area contributed by atoms with Crippen LogP contribution < -0.4 is 9.47 Å². The third-order valence-corrected chi connectivity index (χ3v) is 3.55. The number of hydrogen-bond donors (Lipinski definition) is 0. The van der Waals surface area contributed by atoms with Crippen molar-refractivity contribution in [3.8, 4) is 5.75 Å². The lowest BCUT2D eigenvalue weighted by Gasteiger charge is -2.04. The molecular formula is C14H13NO3S. The van der Waals surface area contributed by atoms with E-state index in [1.807, 2.05) is 0 Å². The van der Waals surface area contributed by atoms with Crippen molar-refractivity contribution in [3.05, 3.63) is 59.4 Å². The summed E-state index contributed by atoms with van der Waals surface area (Å²) in [7, 11) is 1.56. The van der Waals surface area contributed by atoms with E-state index in [0.29, 0.717) is 16.3 Å². The van der Waals surface area contributed by atoms with Gasteiger partial charge in [-0.3, -0.25) is 4.79 Å². The van der Waals surface area contributed by atoms with E-state index in [1.54, 1.807) is 49.6 Å². The van der Waals surface area contributed by atoms with E-state index in [-0.39, 0.29) is 11.5 Å². The van der Waals surface area contributed by atoms with Gasteiger partial charge in [0.1, 0.15) is 5.75 Å². The molecule has 98 valence electrons. The van der Waals surface area contributed by atoms with Crippen LogP contribution in [0.25, 0.3) is 0 Å². The van der Waals surface area contributed by atoms with E-state index >= 15 is 0 Å². The molecule has 0 saturated carbocycles. The monoisotopic (exact) mass is 275 g/mol. The van der Waals surface area contributed by atoms with Gasteiger partial charge in [-0.2, -0.15) is 4.73 Å². The number of carbonyl (C=O) groups excluding carboxylic acids is 1. The van der Waals surface area contributed by atoms with Gasteiger partial charge in [-0.1, -0.05) is 12.1 Å². The van der Waals surface area contributed by atoms with Gasteiger partial charge in [0.25, 0.3) is 5.03 Å². The first kappa shape index (κ1) is 13.4. The van der Waals surface area contributed by atoms with Gasteiger partial charge in [-0.25, -0.2) is 0 Å². The molecule has 0 aliphatic carbocycles. The highest BCUT2D eigenvalue weighted by molar-refractivity contribution is 7.99. The highest BCUT2D eigenvalue weighted by atomic mass is 32.2. The quantitative estimate of drug-likeness (QED) is 0.364. The van der Waals surface area contributed by atoms with Crippen molar-refractivity contribution in [1.82, 2.24) is 0 Å². The van der Waals surface area contributed by atoms with Gasteiger partial charge in [0, 0.05) is 17.7 Å². The standard InChI is InChI=1S/C14H13NO3S/c1-18-12-6-4-5-11(9-12)13(16)10-19-14-7-2-3-8-15(14)17/h2-9H,10H2,1H3. The molecule has 19 heavy (non-hydrogen) atoms. The predicted molar refractivity (Wildman–Crippen MR) is 73.5 cm³/mol. The Labute approximate surface area is 115 Å². The number of pyridine rings is 1. The van der Waals surface area contributed by atoms with Gasteiger partial charge >= 0.3 is 0 Å². The van der Waals surface area contributed by atoms with Crippen molar-refractivity contribution in [1.29, 1.82) is 0 Å². The van der Waals surface area contributed by atoms with Crippen molar-refractivity contribution < 1.29 is 14.3 Å². The second-order valence-corrected chi connectivity index (χ2v) is 4.80. The van der Waals surface area contributed by atoms with Crippen LogP contribution in [0.2, 0.25) is 0 Å². The van der Waals surface area contributed by atoms with Gasteiger partial charge in [0.2, 0.25) is 0 Å². The van der Waals surface area contributed by atoms with Crippen LogP contribution >= 0.6 is 11.8 Å². The first-order chi connectivity index (χ1) is 9.20. The van der Waals surface area contributed by atoms with Crippen LogP contribution in [0.4, 0.5) is 0 Å². The molecule has 1 aromatic heterocycles. The van der Waals surface area contributed by atoms with Crippen LogP contribution in [0.3, 0.4) is 0 Å². The molecule has 2 rings (SSSR count). The maximum absolute atomic E-state index is 12.0. The Bertz CT molecular complexity index is 586. The molecule has 1 aromatic carbocycles. The molecule has 0 bridgehead atoms. The van der Waals surface area contributed by atoms with Crippen LogP contribution in [0, 0.1) is 5.21 Å². The number of hydrogen-bond acceptors (Lipinski definition) is 4. The maximum Gasteiger partial charge on any atom is 0.251 e. The number of rotatable bonds is 5.